The van der Waals surface area contributed by atoms with Gasteiger partial charge < -0.3 is 20.7 Å². The minimum atomic E-state index is -0.818. The molecule has 0 unspecified atom stereocenters. The molecular weight excluding hydrogens is 334 g/mol. The maximum absolute atomic E-state index is 12.0. The van der Waals surface area contributed by atoms with Crippen molar-refractivity contribution in [3.8, 4) is 0 Å². The van der Waals surface area contributed by atoms with Crippen LogP contribution >= 0.6 is 0 Å². The quantitative estimate of drug-likeness (QED) is 0.600. The molecule has 1 aliphatic carbocycles. The number of hydrogen-bond donors (Lipinski definition) is 4. The van der Waals surface area contributed by atoms with Crippen LogP contribution in [-0.4, -0.2) is 57.1 Å². The van der Waals surface area contributed by atoms with Crippen LogP contribution in [0.2, 0.25) is 0 Å². The highest BCUT2D eigenvalue weighted by atomic mass is 16.4. The molecule has 0 aliphatic heterocycles. The number of nitrogens with zero attached hydrogens (tertiary/aromatic N) is 2. The standard InChI is InChI=1S/C18H25N5O3/c1-3-23(10-17(24)25)13-7-12(8-13)20-18(26)19-9-16-21-14-5-4-11(2)6-15(14)22-16/h4-6,12-13H,3,7-10H2,1-2H3,(H,21,22)(H,24,25)(H2,19,20,26). The zero-order valence-corrected chi connectivity index (χ0v) is 15.1. The lowest BCUT2D eigenvalue weighted by atomic mass is 9.85. The summed E-state index contributed by atoms with van der Waals surface area (Å²) in [6.07, 6.45) is 1.55. The fourth-order valence-corrected chi connectivity index (χ4v) is 3.34. The molecule has 1 saturated carbocycles. The molecule has 0 saturated heterocycles. The molecular formula is C18H25N5O3. The second kappa shape index (κ2) is 7.74. The van der Waals surface area contributed by atoms with E-state index in [9.17, 15) is 9.59 Å². The Morgan fingerprint density at radius 2 is 2.15 bits per heavy atom. The van der Waals surface area contributed by atoms with E-state index < -0.39 is 5.97 Å². The molecule has 26 heavy (non-hydrogen) atoms. The fraction of sp³-hybridized carbons (Fsp3) is 0.500. The number of carboxylic acid groups (broad SMARTS) is 1. The van der Waals surface area contributed by atoms with E-state index in [0.29, 0.717) is 18.9 Å². The second-order valence-electron chi connectivity index (χ2n) is 6.81. The van der Waals surface area contributed by atoms with Gasteiger partial charge in [-0.25, -0.2) is 9.78 Å². The Bertz CT molecular complexity index is 797. The van der Waals surface area contributed by atoms with Crippen LogP contribution < -0.4 is 10.6 Å². The molecule has 1 fully saturated rings. The third-order valence-corrected chi connectivity index (χ3v) is 4.81. The molecule has 1 aromatic carbocycles. The van der Waals surface area contributed by atoms with Crippen LogP contribution in [0.15, 0.2) is 18.2 Å². The molecule has 140 valence electrons. The number of urea groups is 1. The smallest absolute Gasteiger partial charge is 0.317 e. The van der Waals surface area contributed by atoms with Crippen molar-refractivity contribution in [3.63, 3.8) is 0 Å². The van der Waals surface area contributed by atoms with Gasteiger partial charge in [0, 0.05) is 12.1 Å². The van der Waals surface area contributed by atoms with Gasteiger partial charge in [-0.2, -0.15) is 0 Å². The SMILES string of the molecule is CCN(CC(=O)O)C1CC(NC(=O)NCc2nc3ccc(C)cc3[nH]2)C1. The number of fused-ring (bicyclic) bond motifs is 1. The first-order valence-corrected chi connectivity index (χ1v) is 8.90. The molecule has 0 spiro atoms. The average molecular weight is 359 g/mol. The number of likely N-dealkylation sites (N-methyl/N-ethyl adjacent to an activating group) is 1. The number of aryl methyl sites for hydroxylation is 1. The van der Waals surface area contributed by atoms with Crippen molar-refractivity contribution in [2.45, 2.75) is 45.3 Å². The van der Waals surface area contributed by atoms with Gasteiger partial charge in [0.15, 0.2) is 0 Å². The highest BCUT2D eigenvalue weighted by molar-refractivity contribution is 5.76. The highest BCUT2D eigenvalue weighted by Crippen LogP contribution is 2.25. The van der Waals surface area contributed by atoms with Gasteiger partial charge in [-0.3, -0.25) is 9.69 Å². The lowest BCUT2D eigenvalue weighted by molar-refractivity contribution is -0.139. The molecule has 8 nitrogen and oxygen atoms in total. The summed E-state index contributed by atoms with van der Waals surface area (Å²) in [6, 6.07) is 6.06. The van der Waals surface area contributed by atoms with Gasteiger partial charge in [-0.1, -0.05) is 13.0 Å². The molecule has 0 bridgehead atoms. The Morgan fingerprint density at radius 1 is 1.38 bits per heavy atom. The summed E-state index contributed by atoms with van der Waals surface area (Å²) in [6.45, 7) is 5.04. The van der Waals surface area contributed by atoms with E-state index in [4.69, 9.17) is 5.11 Å². The third kappa shape index (κ3) is 4.32. The number of aliphatic carboxylic acids is 1. The number of hydrogen-bond acceptors (Lipinski definition) is 4. The summed E-state index contributed by atoms with van der Waals surface area (Å²) in [5, 5.41) is 14.6. The van der Waals surface area contributed by atoms with Crippen molar-refractivity contribution in [1.82, 2.24) is 25.5 Å². The number of carbonyl (C=O) groups excluding carboxylic acids is 1. The average Bonchev–Trinajstić information content (AvgIpc) is 2.95. The van der Waals surface area contributed by atoms with Crippen molar-refractivity contribution < 1.29 is 14.7 Å². The predicted molar refractivity (Wildman–Crippen MR) is 97.9 cm³/mol. The van der Waals surface area contributed by atoms with E-state index in [2.05, 4.69) is 20.6 Å². The number of imidazole rings is 1. The normalized spacial score (nSPS) is 19.3. The first kappa shape index (κ1) is 18.2. The predicted octanol–water partition coefficient (Wildman–Crippen LogP) is 1.61. The van der Waals surface area contributed by atoms with Crippen molar-refractivity contribution >= 4 is 23.0 Å². The molecule has 1 aliphatic rings. The van der Waals surface area contributed by atoms with Crippen molar-refractivity contribution in [2.24, 2.45) is 0 Å². The van der Waals surface area contributed by atoms with Crippen LogP contribution in [0.4, 0.5) is 4.79 Å². The number of carbonyl (C=O) groups is 2. The topological polar surface area (TPSA) is 110 Å². The van der Waals surface area contributed by atoms with Crippen molar-refractivity contribution in [1.29, 1.82) is 0 Å². The zero-order chi connectivity index (χ0) is 18.7. The van der Waals surface area contributed by atoms with E-state index in [1.54, 1.807) is 0 Å². The second-order valence-corrected chi connectivity index (χ2v) is 6.81. The fourth-order valence-electron chi connectivity index (χ4n) is 3.34. The molecule has 0 radical (unpaired) electrons. The van der Waals surface area contributed by atoms with Gasteiger partial charge in [0.1, 0.15) is 5.82 Å². The Morgan fingerprint density at radius 3 is 2.85 bits per heavy atom. The Balaban J connectivity index is 1.43. The molecule has 1 heterocycles. The summed E-state index contributed by atoms with van der Waals surface area (Å²) in [7, 11) is 0. The van der Waals surface area contributed by atoms with Crippen LogP contribution in [0.5, 0.6) is 0 Å². The largest absolute Gasteiger partial charge is 0.480 e. The molecule has 2 amide bonds. The van der Waals surface area contributed by atoms with Crippen molar-refractivity contribution in [2.75, 3.05) is 13.1 Å². The summed E-state index contributed by atoms with van der Waals surface area (Å²) in [5.41, 5.74) is 3.00. The number of amides is 2. The number of aromatic nitrogens is 2. The van der Waals surface area contributed by atoms with Crippen LogP contribution in [0, 0.1) is 6.92 Å². The van der Waals surface area contributed by atoms with E-state index >= 15 is 0 Å². The number of rotatable bonds is 7. The van der Waals surface area contributed by atoms with Gasteiger partial charge in [-0.15, -0.1) is 0 Å². The van der Waals surface area contributed by atoms with Crippen LogP contribution in [0.25, 0.3) is 11.0 Å². The van der Waals surface area contributed by atoms with Gasteiger partial charge in [0.25, 0.3) is 0 Å². The first-order chi connectivity index (χ1) is 12.4. The van der Waals surface area contributed by atoms with E-state index in [0.717, 1.165) is 29.4 Å². The van der Waals surface area contributed by atoms with E-state index in [-0.39, 0.29) is 24.7 Å². The third-order valence-electron chi connectivity index (χ3n) is 4.81. The van der Waals surface area contributed by atoms with E-state index in [1.807, 2.05) is 36.9 Å². The Hall–Kier alpha value is -2.61. The zero-order valence-electron chi connectivity index (χ0n) is 15.1. The summed E-state index contributed by atoms with van der Waals surface area (Å²) in [5.74, 6) is -0.104. The number of aromatic amines is 1. The molecule has 4 N–H and O–H groups in total. The Kier molecular flexibility index (Phi) is 5.41. The molecule has 8 heteroatoms. The summed E-state index contributed by atoms with van der Waals surface area (Å²) >= 11 is 0. The van der Waals surface area contributed by atoms with Gasteiger partial charge >= 0.3 is 12.0 Å². The van der Waals surface area contributed by atoms with Crippen LogP contribution in [0.3, 0.4) is 0 Å². The molecule has 2 aromatic rings. The van der Waals surface area contributed by atoms with Gasteiger partial charge in [0.2, 0.25) is 0 Å². The minimum absolute atomic E-state index is 0.0472. The number of benzene rings is 1. The van der Waals surface area contributed by atoms with Crippen molar-refractivity contribution in [3.05, 3.63) is 29.6 Å². The lowest BCUT2D eigenvalue weighted by Crippen LogP contribution is -2.56. The maximum atomic E-state index is 12.0. The number of nitrogens with one attached hydrogen (secondary N) is 3. The maximum Gasteiger partial charge on any atom is 0.317 e. The van der Waals surface area contributed by atoms with Gasteiger partial charge in [0.05, 0.1) is 24.1 Å². The first-order valence-electron chi connectivity index (χ1n) is 8.90. The summed E-state index contributed by atoms with van der Waals surface area (Å²) in [4.78, 5) is 32.5. The molecule has 0 atom stereocenters. The molecule has 3 rings (SSSR count). The molecule has 1 aromatic heterocycles. The monoisotopic (exact) mass is 359 g/mol. The van der Waals surface area contributed by atoms with Crippen LogP contribution in [0.1, 0.15) is 31.2 Å². The van der Waals surface area contributed by atoms with Crippen LogP contribution in [-0.2, 0) is 11.3 Å². The Labute approximate surface area is 152 Å². The lowest BCUT2D eigenvalue weighted by Gasteiger charge is -2.42. The summed E-state index contributed by atoms with van der Waals surface area (Å²) < 4.78 is 0. The minimum Gasteiger partial charge on any atom is -0.480 e. The number of carboxylic acids is 1. The number of H-pyrrole nitrogens is 1. The highest BCUT2D eigenvalue weighted by Gasteiger charge is 2.34. The van der Waals surface area contributed by atoms with Gasteiger partial charge in [-0.05, 0) is 44.0 Å². The van der Waals surface area contributed by atoms with E-state index in [1.165, 1.54) is 0 Å².